The predicted octanol–water partition coefficient (Wildman–Crippen LogP) is 1.37. The molecule has 1 amide bonds. The Labute approximate surface area is 111 Å². The molecule has 3 N–H and O–H groups in total. The van der Waals surface area contributed by atoms with E-state index in [0.29, 0.717) is 5.75 Å². The van der Waals surface area contributed by atoms with Crippen LogP contribution in [-0.4, -0.2) is 40.7 Å². The number of oxime groups is 1. The largest absolute Gasteiger partial charge is 0.409 e. The van der Waals surface area contributed by atoms with Gasteiger partial charge in [-0.25, -0.2) is 0 Å². The van der Waals surface area contributed by atoms with Crippen LogP contribution in [0.15, 0.2) is 40.4 Å². The lowest BCUT2D eigenvalue weighted by atomic mass is 10.3. The van der Waals surface area contributed by atoms with Crippen molar-refractivity contribution in [3.8, 4) is 0 Å². The van der Waals surface area contributed by atoms with Gasteiger partial charge in [0.25, 0.3) is 0 Å². The highest BCUT2D eigenvalue weighted by Gasteiger charge is 2.19. The third-order valence-electron chi connectivity index (χ3n) is 2.62. The molecule has 0 heterocycles. The second-order valence-corrected chi connectivity index (χ2v) is 4.86. The van der Waals surface area contributed by atoms with Crippen molar-refractivity contribution in [2.75, 3.05) is 12.8 Å². The molecule has 0 bridgehead atoms. The molecule has 0 spiro atoms. The van der Waals surface area contributed by atoms with Crippen LogP contribution in [0.1, 0.15) is 6.92 Å². The zero-order valence-corrected chi connectivity index (χ0v) is 11.2. The number of amidine groups is 1. The summed E-state index contributed by atoms with van der Waals surface area (Å²) in [5, 5.41) is 11.5. The van der Waals surface area contributed by atoms with Crippen molar-refractivity contribution >= 4 is 23.5 Å². The first-order chi connectivity index (χ1) is 8.56. The van der Waals surface area contributed by atoms with Gasteiger partial charge in [-0.1, -0.05) is 23.4 Å². The first-order valence-corrected chi connectivity index (χ1v) is 6.45. The Kier molecular flexibility index (Phi) is 5.51. The minimum absolute atomic E-state index is 0.0237. The fourth-order valence-corrected chi connectivity index (χ4v) is 2.10. The zero-order valence-electron chi connectivity index (χ0n) is 10.4. The van der Waals surface area contributed by atoms with E-state index in [0.717, 1.165) is 4.90 Å². The standard InChI is InChI=1S/C12H17N3O2S/c1-9(12(13)14-17)15(2)11(16)8-18-10-6-4-3-5-7-10/h3-7,9,17H,8H2,1-2H3,(H2,13,14). The summed E-state index contributed by atoms with van der Waals surface area (Å²) in [6.45, 7) is 1.71. The lowest BCUT2D eigenvalue weighted by molar-refractivity contribution is -0.127. The van der Waals surface area contributed by atoms with Gasteiger partial charge in [-0.15, -0.1) is 11.8 Å². The molecule has 1 unspecified atom stereocenters. The molecule has 0 aliphatic rings. The van der Waals surface area contributed by atoms with Gasteiger partial charge in [0.1, 0.15) is 0 Å². The molecule has 0 aliphatic heterocycles. The average Bonchev–Trinajstić information content (AvgIpc) is 2.43. The summed E-state index contributed by atoms with van der Waals surface area (Å²) in [5.41, 5.74) is 5.46. The number of carbonyl (C=O) groups excluding carboxylic acids is 1. The molecule has 0 fully saturated rings. The summed E-state index contributed by atoms with van der Waals surface area (Å²) in [6.07, 6.45) is 0. The molecule has 1 aromatic carbocycles. The average molecular weight is 267 g/mol. The number of rotatable bonds is 5. The number of benzene rings is 1. The van der Waals surface area contributed by atoms with Crippen LogP contribution in [0, 0.1) is 0 Å². The van der Waals surface area contributed by atoms with E-state index >= 15 is 0 Å². The van der Waals surface area contributed by atoms with Gasteiger partial charge in [-0.3, -0.25) is 4.79 Å². The van der Waals surface area contributed by atoms with E-state index in [9.17, 15) is 4.79 Å². The SMILES string of the molecule is CC(C(N)=NO)N(C)C(=O)CSc1ccccc1. The van der Waals surface area contributed by atoms with Crippen molar-refractivity contribution in [1.29, 1.82) is 0 Å². The third kappa shape index (κ3) is 3.96. The molecule has 0 aliphatic carbocycles. The van der Waals surface area contributed by atoms with Crippen LogP contribution in [0.25, 0.3) is 0 Å². The molecular formula is C12H17N3O2S. The van der Waals surface area contributed by atoms with Crippen LogP contribution in [0.5, 0.6) is 0 Å². The molecule has 0 saturated heterocycles. The third-order valence-corrected chi connectivity index (χ3v) is 3.62. The summed E-state index contributed by atoms with van der Waals surface area (Å²) in [4.78, 5) is 14.4. The lowest BCUT2D eigenvalue weighted by Crippen LogP contribution is -2.44. The molecule has 18 heavy (non-hydrogen) atoms. The van der Waals surface area contributed by atoms with Gasteiger partial charge in [-0.2, -0.15) is 0 Å². The highest BCUT2D eigenvalue weighted by Crippen LogP contribution is 2.17. The molecule has 6 heteroatoms. The number of hydrogen-bond donors (Lipinski definition) is 2. The van der Waals surface area contributed by atoms with Gasteiger partial charge >= 0.3 is 0 Å². The van der Waals surface area contributed by atoms with Crippen LogP contribution in [0.2, 0.25) is 0 Å². The van der Waals surface area contributed by atoms with Gasteiger partial charge in [0.15, 0.2) is 5.84 Å². The van der Waals surface area contributed by atoms with E-state index in [4.69, 9.17) is 10.9 Å². The van der Waals surface area contributed by atoms with Crippen molar-refractivity contribution in [3.63, 3.8) is 0 Å². The summed E-state index contributed by atoms with van der Waals surface area (Å²) in [6, 6.07) is 9.26. The van der Waals surface area contributed by atoms with E-state index < -0.39 is 6.04 Å². The maximum atomic E-state index is 11.9. The fourth-order valence-electron chi connectivity index (χ4n) is 1.26. The molecule has 0 radical (unpaired) electrons. The number of nitrogens with two attached hydrogens (primary N) is 1. The molecular weight excluding hydrogens is 250 g/mol. The van der Waals surface area contributed by atoms with Crippen LogP contribution in [-0.2, 0) is 4.79 Å². The number of carbonyl (C=O) groups is 1. The Morgan fingerprint density at radius 2 is 2.11 bits per heavy atom. The van der Waals surface area contributed by atoms with Crippen molar-refractivity contribution in [2.24, 2.45) is 10.9 Å². The summed E-state index contributed by atoms with van der Waals surface area (Å²) >= 11 is 1.46. The number of nitrogens with zero attached hydrogens (tertiary/aromatic N) is 2. The van der Waals surface area contributed by atoms with Crippen molar-refractivity contribution < 1.29 is 10.0 Å². The number of hydrogen-bond acceptors (Lipinski definition) is 4. The molecule has 0 saturated carbocycles. The Morgan fingerprint density at radius 3 is 2.67 bits per heavy atom. The summed E-state index contributed by atoms with van der Waals surface area (Å²) < 4.78 is 0. The number of amides is 1. The number of likely N-dealkylation sites (N-methyl/N-ethyl adjacent to an activating group) is 1. The minimum atomic E-state index is -0.418. The molecule has 98 valence electrons. The van der Waals surface area contributed by atoms with Gasteiger partial charge in [-0.05, 0) is 19.1 Å². The van der Waals surface area contributed by atoms with Gasteiger partial charge in [0.2, 0.25) is 5.91 Å². The van der Waals surface area contributed by atoms with Crippen molar-refractivity contribution in [1.82, 2.24) is 4.90 Å². The summed E-state index contributed by atoms with van der Waals surface area (Å²) in [7, 11) is 1.64. The normalized spacial score (nSPS) is 13.1. The second kappa shape index (κ2) is 6.90. The molecule has 1 aromatic rings. The van der Waals surface area contributed by atoms with Gasteiger partial charge in [0, 0.05) is 11.9 Å². The second-order valence-electron chi connectivity index (χ2n) is 3.81. The maximum Gasteiger partial charge on any atom is 0.233 e. The van der Waals surface area contributed by atoms with Crippen molar-refractivity contribution in [2.45, 2.75) is 17.9 Å². The highest BCUT2D eigenvalue weighted by molar-refractivity contribution is 8.00. The maximum absolute atomic E-state index is 11.9. The lowest BCUT2D eigenvalue weighted by Gasteiger charge is -2.23. The highest BCUT2D eigenvalue weighted by atomic mass is 32.2. The number of thioether (sulfide) groups is 1. The minimum Gasteiger partial charge on any atom is -0.409 e. The van der Waals surface area contributed by atoms with Crippen molar-refractivity contribution in [3.05, 3.63) is 30.3 Å². The monoisotopic (exact) mass is 267 g/mol. The van der Waals surface area contributed by atoms with Crippen LogP contribution in [0.3, 0.4) is 0 Å². The molecule has 1 rings (SSSR count). The van der Waals surface area contributed by atoms with E-state index in [-0.39, 0.29) is 11.7 Å². The Bertz CT molecular complexity index is 423. The first-order valence-electron chi connectivity index (χ1n) is 5.47. The Hall–Kier alpha value is -1.69. The van der Waals surface area contributed by atoms with E-state index in [2.05, 4.69) is 5.16 Å². The first kappa shape index (κ1) is 14.4. The van der Waals surface area contributed by atoms with Crippen LogP contribution in [0.4, 0.5) is 0 Å². The predicted molar refractivity (Wildman–Crippen MR) is 72.8 cm³/mol. The van der Waals surface area contributed by atoms with Gasteiger partial charge in [0.05, 0.1) is 11.8 Å². The topological polar surface area (TPSA) is 78.9 Å². The van der Waals surface area contributed by atoms with E-state index in [1.807, 2.05) is 30.3 Å². The van der Waals surface area contributed by atoms with E-state index in [1.54, 1.807) is 14.0 Å². The van der Waals surface area contributed by atoms with Crippen LogP contribution < -0.4 is 5.73 Å². The Balaban J connectivity index is 2.51. The van der Waals surface area contributed by atoms with Gasteiger partial charge < -0.3 is 15.8 Å². The van der Waals surface area contributed by atoms with Crippen LogP contribution >= 0.6 is 11.8 Å². The quantitative estimate of drug-likeness (QED) is 0.278. The summed E-state index contributed by atoms with van der Waals surface area (Å²) in [5.74, 6) is 0.280. The zero-order chi connectivity index (χ0) is 13.5. The molecule has 5 nitrogen and oxygen atoms in total. The molecule has 1 atom stereocenters. The fraction of sp³-hybridized carbons (Fsp3) is 0.333. The Morgan fingerprint density at radius 1 is 1.50 bits per heavy atom. The smallest absolute Gasteiger partial charge is 0.233 e. The molecule has 0 aromatic heterocycles. The van der Waals surface area contributed by atoms with E-state index in [1.165, 1.54) is 16.7 Å².